The van der Waals surface area contributed by atoms with E-state index in [1.165, 1.54) is 44.5 Å². The van der Waals surface area contributed by atoms with Gasteiger partial charge in [0, 0.05) is 79.4 Å². The van der Waals surface area contributed by atoms with Crippen LogP contribution in [0.2, 0.25) is 0 Å². The number of fused-ring (bicyclic) bond motifs is 9. The van der Waals surface area contributed by atoms with E-state index in [4.69, 9.17) is 4.74 Å². The van der Waals surface area contributed by atoms with Gasteiger partial charge in [0.05, 0.1) is 5.41 Å². The van der Waals surface area contributed by atoms with E-state index in [0.29, 0.717) is 0 Å². The molecule has 12 aromatic carbocycles. The van der Waals surface area contributed by atoms with E-state index in [1.807, 2.05) is 0 Å². The molecule has 0 atom stereocenters. The minimum absolute atomic E-state index is 0.799. The molecule has 418 valence electrons. The van der Waals surface area contributed by atoms with Gasteiger partial charge in [-0.15, -0.1) is 0 Å². The van der Waals surface area contributed by atoms with E-state index in [1.54, 1.807) is 0 Å². The largest absolute Gasteiger partial charge is 0.457 e. The Hall–Kier alpha value is -10.4. The molecule has 0 fully saturated rings. The molecule has 0 amide bonds. The van der Waals surface area contributed by atoms with Gasteiger partial charge in [-0.2, -0.15) is 0 Å². The Morgan fingerprint density at radius 2 is 0.372 bits per heavy atom. The highest BCUT2D eigenvalue weighted by Crippen LogP contribution is 2.65. The van der Waals surface area contributed by atoms with Gasteiger partial charge in [0.15, 0.2) is 0 Å². The van der Waals surface area contributed by atoms with Crippen LogP contribution >= 0.6 is 0 Å². The van der Waals surface area contributed by atoms with Crippen LogP contribution in [0.5, 0.6) is 11.5 Å². The van der Waals surface area contributed by atoms with Gasteiger partial charge < -0.3 is 24.3 Å². The first-order valence-electron chi connectivity index (χ1n) is 29.9. The van der Waals surface area contributed by atoms with Crippen molar-refractivity contribution in [3.63, 3.8) is 0 Å². The van der Waals surface area contributed by atoms with E-state index in [-0.39, 0.29) is 0 Å². The van der Waals surface area contributed by atoms with E-state index in [9.17, 15) is 0 Å². The Bertz CT molecular complexity index is 4000. The molecule has 0 aromatic heterocycles. The van der Waals surface area contributed by atoms with Crippen LogP contribution in [-0.4, -0.2) is 0 Å². The fourth-order valence-electron chi connectivity index (χ4n) is 12.8. The van der Waals surface area contributed by atoms with Gasteiger partial charge in [0.25, 0.3) is 0 Å². The molecule has 2 aliphatic rings. The standard InChI is InChI=1S/C81H68N4O/c1-53-9-25-61(26-10-53)82(62-27-11-54(2)12-28-62)69-41-45-73-74-46-42-70(83(63-29-13-55(3)14-30-63)64-31-15-56(4)16-32-64)50-76(74)81(75(73)49-69)77-51-71(84(65-33-17-57(5)18-34-65)66-35-19-58(6)20-36-66)43-47-79(77)86-80-48-44-72(52-78(80)81)85(67-37-21-59(7)22-38-67)68-39-23-60(8)24-40-68/h9-52H,1-8H3. The average molecular weight is 1110 g/mol. The van der Waals surface area contributed by atoms with E-state index in [0.717, 1.165) is 113 Å². The molecule has 5 nitrogen and oxygen atoms in total. The van der Waals surface area contributed by atoms with Crippen LogP contribution in [0.15, 0.2) is 267 Å². The smallest absolute Gasteiger partial charge is 0.132 e. The molecule has 0 saturated heterocycles. The Labute approximate surface area is 506 Å². The highest BCUT2D eigenvalue weighted by molar-refractivity contribution is 5.95. The summed E-state index contributed by atoms with van der Waals surface area (Å²) >= 11 is 0. The molecule has 14 rings (SSSR count). The van der Waals surface area contributed by atoms with Crippen molar-refractivity contribution in [3.8, 4) is 22.6 Å². The van der Waals surface area contributed by atoms with Gasteiger partial charge in [-0.1, -0.05) is 154 Å². The van der Waals surface area contributed by atoms with Crippen molar-refractivity contribution >= 4 is 68.2 Å². The lowest BCUT2D eigenvalue weighted by molar-refractivity contribution is 0.436. The maximum atomic E-state index is 7.47. The predicted molar refractivity (Wildman–Crippen MR) is 360 cm³/mol. The Kier molecular flexibility index (Phi) is 13.5. The summed E-state index contributed by atoms with van der Waals surface area (Å²) in [5.74, 6) is 1.60. The molecule has 86 heavy (non-hydrogen) atoms. The summed E-state index contributed by atoms with van der Waals surface area (Å²) in [6.07, 6.45) is 0. The molecule has 1 aliphatic carbocycles. The molecular weight excluding hydrogens is 1040 g/mol. The molecular formula is C81H68N4O. The van der Waals surface area contributed by atoms with Crippen molar-refractivity contribution in [2.75, 3.05) is 19.6 Å². The van der Waals surface area contributed by atoms with Crippen LogP contribution in [0.3, 0.4) is 0 Å². The number of anilines is 12. The first kappa shape index (κ1) is 53.6. The van der Waals surface area contributed by atoms with Gasteiger partial charge in [-0.05, 0) is 235 Å². The lowest BCUT2D eigenvalue weighted by Gasteiger charge is -2.41. The second-order valence-electron chi connectivity index (χ2n) is 23.7. The molecule has 0 unspecified atom stereocenters. The number of aryl methyl sites for hydroxylation is 8. The third-order valence-corrected chi connectivity index (χ3v) is 17.4. The van der Waals surface area contributed by atoms with Crippen molar-refractivity contribution in [3.05, 3.63) is 334 Å². The maximum absolute atomic E-state index is 7.47. The van der Waals surface area contributed by atoms with Gasteiger partial charge in [0.1, 0.15) is 11.5 Å². The fraction of sp³-hybridized carbons (Fsp3) is 0.111. The normalized spacial score (nSPS) is 12.4. The van der Waals surface area contributed by atoms with Crippen LogP contribution in [0.1, 0.15) is 66.8 Å². The first-order chi connectivity index (χ1) is 41.9. The summed E-state index contributed by atoms with van der Waals surface area (Å²) in [6, 6.07) is 99.4. The number of hydrogen-bond donors (Lipinski definition) is 0. The summed E-state index contributed by atoms with van der Waals surface area (Å²) in [6.45, 7) is 17.2. The topological polar surface area (TPSA) is 22.2 Å². The van der Waals surface area contributed by atoms with Crippen molar-refractivity contribution in [1.82, 2.24) is 0 Å². The minimum Gasteiger partial charge on any atom is -0.457 e. The van der Waals surface area contributed by atoms with Gasteiger partial charge in [-0.3, -0.25) is 0 Å². The van der Waals surface area contributed by atoms with Crippen LogP contribution in [0.4, 0.5) is 68.2 Å². The molecule has 0 radical (unpaired) electrons. The molecule has 0 bridgehead atoms. The van der Waals surface area contributed by atoms with Crippen LogP contribution < -0.4 is 24.3 Å². The van der Waals surface area contributed by atoms with Crippen LogP contribution in [0.25, 0.3) is 11.1 Å². The maximum Gasteiger partial charge on any atom is 0.132 e. The van der Waals surface area contributed by atoms with Crippen molar-refractivity contribution < 1.29 is 4.74 Å². The fourth-order valence-corrected chi connectivity index (χ4v) is 12.8. The molecule has 5 heteroatoms. The van der Waals surface area contributed by atoms with E-state index >= 15 is 0 Å². The predicted octanol–water partition coefficient (Wildman–Crippen LogP) is 22.5. The summed E-state index contributed by atoms with van der Waals surface area (Å²) in [7, 11) is 0. The lowest BCUT2D eigenvalue weighted by atomic mass is 9.65. The van der Waals surface area contributed by atoms with Crippen LogP contribution in [0, 0.1) is 55.4 Å². The summed E-state index contributed by atoms with van der Waals surface area (Å²) < 4.78 is 7.47. The number of nitrogens with zero attached hydrogens (tertiary/aromatic N) is 4. The zero-order valence-corrected chi connectivity index (χ0v) is 50.1. The zero-order chi connectivity index (χ0) is 58.8. The summed E-state index contributed by atoms with van der Waals surface area (Å²) in [4.78, 5) is 9.62. The number of benzene rings is 12. The van der Waals surface area contributed by atoms with Crippen LogP contribution in [-0.2, 0) is 5.41 Å². The quantitative estimate of drug-likeness (QED) is 0.121. The summed E-state index contributed by atoms with van der Waals surface area (Å²) in [5.41, 5.74) is 28.1. The monoisotopic (exact) mass is 1110 g/mol. The number of hydrogen-bond acceptors (Lipinski definition) is 5. The van der Waals surface area contributed by atoms with E-state index in [2.05, 4.69) is 342 Å². The Morgan fingerprint density at radius 1 is 0.198 bits per heavy atom. The molecule has 1 heterocycles. The molecule has 12 aromatic rings. The Balaban J connectivity index is 1.11. The Morgan fingerprint density at radius 3 is 0.581 bits per heavy atom. The SMILES string of the molecule is Cc1ccc(N(c2ccc(C)cc2)c2ccc3c(c2)C2(c4cc(N(c5ccc(C)cc5)c5ccc(C)cc5)ccc4O3)c3cc(N(c4ccc(C)cc4)c4ccc(C)cc4)ccc3-c3ccc(N(c4ccc(C)cc4)c4ccc(C)cc4)cc32)cc1. The van der Waals surface area contributed by atoms with E-state index < -0.39 is 5.41 Å². The number of ether oxygens (including phenoxy) is 1. The molecule has 1 aliphatic heterocycles. The minimum atomic E-state index is -0.984. The van der Waals surface area contributed by atoms with Gasteiger partial charge in [0.2, 0.25) is 0 Å². The third-order valence-electron chi connectivity index (χ3n) is 17.4. The molecule has 0 saturated carbocycles. The second kappa shape index (κ2) is 21.7. The summed E-state index contributed by atoms with van der Waals surface area (Å²) in [5, 5.41) is 0. The first-order valence-corrected chi connectivity index (χ1v) is 29.9. The van der Waals surface area contributed by atoms with Gasteiger partial charge in [-0.25, -0.2) is 0 Å². The molecule has 0 N–H and O–H groups in total. The average Bonchev–Trinajstić information content (AvgIpc) is 1.45. The zero-order valence-electron chi connectivity index (χ0n) is 50.1. The van der Waals surface area contributed by atoms with Crippen molar-refractivity contribution in [2.45, 2.75) is 60.8 Å². The lowest BCUT2D eigenvalue weighted by Crippen LogP contribution is -2.33. The van der Waals surface area contributed by atoms with Crippen molar-refractivity contribution in [2.24, 2.45) is 0 Å². The van der Waals surface area contributed by atoms with Crippen molar-refractivity contribution in [1.29, 1.82) is 0 Å². The second-order valence-corrected chi connectivity index (χ2v) is 23.7. The molecule has 1 spiro atoms. The van der Waals surface area contributed by atoms with Gasteiger partial charge >= 0.3 is 0 Å². The number of rotatable bonds is 12. The highest BCUT2D eigenvalue weighted by Gasteiger charge is 2.52. The highest BCUT2D eigenvalue weighted by atomic mass is 16.5. The third kappa shape index (κ3) is 9.56.